The van der Waals surface area contributed by atoms with Crippen LogP contribution in [-0.2, 0) is 72.3 Å². The van der Waals surface area contributed by atoms with Crippen molar-refractivity contribution in [1.82, 2.24) is 10.6 Å². The van der Waals surface area contributed by atoms with Gasteiger partial charge in [0.2, 0.25) is 5.69 Å². The molecule has 0 fully saturated rings. The summed E-state index contributed by atoms with van der Waals surface area (Å²) in [5.41, 5.74) is 14.1. The molecule has 4 N–H and O–H groups in total. The second kappa shape index (κ2) is 35.8. The molecule has 2 unspecified atom stereocenters. The molecule has 4 aromatic carbocycles. The van der Waals surface area contributed by atoms with Crippen LogP contribution in [0.2, 0.25) is 0 Å². The number of benzene rings is 4. The van der Waals surface area contributed by atoms with E-state index in [0.717, 1.165) is 73.6 Å². The third kappa shape index (κ3) is 20.4. The monoisotopic (exact) mass is 1350 g/mol. The number of amides is 2. The minimum absolute atomic E-state index is 0. The van der Waals surface area contributed by atoms with E-state index in [1.165, 1.54) is 33.8 Å². The summed E-state index contributed by atoms with van der Waals surface area (Å²) in [5.74, 6) is 1.76. The van der Waals surface area contributed by atoms with Crippen LogP contribution in [-0.4, -0.2) is 166 Å². The molecule has 0 aliphatic carbocycles. The Hall–Kier alpha value is -4.14. The van der Waals surface area contributed by atoms with Gasteiger partial charge in [0.25, 0.3) is 11.8 Å². The number of aliphatic imine (C=N–C) groups is 1. The number of carbonyl (C=O) groups is 2. The first-order valence-electron chi connectivity index (χ1n) is 30.2. The van der Waals surface area contributed by atoms with Crippen LogP contribution in [0, 0.1) is 54.5 Å². The van der Waals surface area contributed by atoms with Crippen molar-refractivity contribution < 1.29 is 126 Å². The van der Waals surface area contributed by atoms with Gasteiger partial charge >= 0.3 is 62.0 Å². The van der Waals surface area contributed by atoms with Crippen molar-refractivity contribution in [2.75, 3.05) is 104 Å². The molecular formula is C67H95BrKN4O15S+. The molecule has 4 aliphatic rings. The van der Waals surface area contributed by atoms with E-state index in [1.54, 1.807) is 0 Å². The van der Waals surface area contributed by atoms with Gasteiger partial charge in [-0.2, -0.15) is 22.8 Å². The predicted octanol–water partition coefficient (Wildman–Crippen LogP) is 6.80. The van der Waals surface area contributed by atoms with Crippen LogP contribution in [0.25, 0.3) is 0 Å². The summed E-state index contributed by atoms with van der Waals surface area (Å²) < 4.78 is 73.4. The van der Waals surface area contributed by atoms with Crippen molar-refractivity contribution in [2.24, 2.45) is 4.99 Å². The molecule has 486 valence electrons. The number of alkyl halides is 1. The number of aromatic hydroxyl groups is 2. The van der Waals surface area contributed by atoms with E-state index < -0.39 is 21.8 Å². The fourth-order valence-electron chi connectivity index (χ4n) is 10.9. The standard InChI is InChI=1S/C34H48N2O6.C22H34BrNO6.C11H12N.K.O3S/c1-22-9-10-29-28(21-22)33(6,7)26(5)36(29)14-16-40-18-20-41-19-17-39-15-13-35-32(38)34(8)12-11-27-25(4)30(37)23(2)24(3)31(27)42-34;1-15-16(2)20-18(17(3)19(15)25)5-6-22(4,30-20)21(26)24-8-10-28-12-14-29-13-11-27-9-7-23;1-8-11(2,3)9-6-4-5-7-10(9)12-8;;1-4(2)3/h9-10,21H,11-20H2,1-8H3,(H-,35,37,38);25H,5-14H2,1-4H3,(H,24,26);5-7H,1-3H3;;/q;;-1;+1;/p+1. The van der Waals surface area contributed by atoms with E-state index in [1.807, 2.05) is 73.6 Å². The van der Waals surface area contributed by atoms with Crippen molar-refractivity contribution in [3.8, 4) is 23.0 Å². The van der Waals surface area contributed by atoms with Crippen LogP contribution < -0.4 is 71.5 Å². The Kier molecular flexibility index (Phi) is 31.1. The van der Waals surface area contributed by atoms with Gasteiger partial charge in [-0.3, -0.25) is 14.6 Å². The molecule has 4 aromatic rings. The number of ether oxygens (including phenoxy) is 8. The van der Waals surface area contributed by atoms with Crippen LogP contribution in [0.15, 0.2) is 41.4 Å². The number of phenols is 2. The van der Waals surface area contributed by atoms with Crippen LogP contribution in [0.4, 0.5) is 11.4 Å². The predicted molar refractivity (Wildman–Crippen MR) is 345 cm³/mol. The van der Waals surface area contributed by atoms with Gasteiger partial charge in [0.1, 0.15) is 29.6 Å². The number of aryl methyl sites for hydroxylation is 1. The van der Waals surface area contributed by atoms with Crippen LogP contribution in [0.1, 0.15) is 129 Å². The van der Waals surface area contributed by atoms with Crippen LogP contribution in [0.5, 0.6) is 23.0 Å². The van der Waals surface area contributed by atoms with Gasteiger partial charge in [0, 0.05) is 66.7 Å². The zero-order valence-electron chi connectivity index (χ0n) is 55.5. The summed E-state index contributed by atoms with van der Waals surface area (Å²) in [6, 6.07) is 15.8. The second-order valence-corrected chi connectivity index (χ2v) is 25.2. The van der Waals surface area contributed by atoms with Gasteiger partial charge < -0.3 is 58.7 Å². The van der Waals surface area contributed by atoms with Gasteiger partial charge in [0.15, 0.2) is 23.5 Å². The number of nitrogens with one attached hydrogen (secondary N) is 2. The molecule has 0 bridgehead atoms. The van der Waals surface area contributed by atoms with E-state index >= 15 is 0 Å². The van der Waals surface area contributed by atoms with E-state index in [9.17, 15) is 19.8 Å². The van der Waals surface area contributed by atoms with Gasteiger partial charge in [-0.1, -0.05) is 41.4 Å². The summed E-state index contributed by atoms with van der Waals surface area (Å²) in [5, 5.41) is 27.3. The second-order valence-electron chi connectivity index (χ2n) is 24.0. The summed E-state index contributed by atoms with van der Waals surface area (Å²) in [6.45, 7) is 38.2. The topological polar surface area (TPSA) is 239 Å². The van der Waals surface area contributed by atoms with Gasteiger partial charge in [-0.05, 0) is 146 Å². The number of nitrogens with zero attached hydrogens (tertiary/aromatic N) is 2. The molecule has 2 amide bonds. The molecule has 0 radical (unpaired) electrons. The Morgan fingerprint density at radius 2 is 1.03 bits per heavy atom. The van der Waals surface area contributed by atoms with Crippen LogP contribution in [0.3, 0.4) is 0 Å². The minimum Gasteiger partial charge on any atom is -0.507 e. The molecule has 8 rings (SSSR count). The Balaban J connectivity index is 0.000000310. The molecular weight excluding hydrogens is 1250 g/mol. The molecule has 0 aromatic heterocycles. The maximum absolute atomic E-state index is 13.0. The van der Waals surface area contributed by atoms with Crippen molar-refractivity contribution in [3.63, 3.8) is 0 Å². The number of hydrogen-bond acceptors (Lipinski definition) is 16. The molecule has 0 saturated carbocycles. The smallest absolute Gasteiger partial charge is 0.507 e. The quantitative estimate of drug-likeness (QED) is 0.0175. The number of phenolic OH excluding ortho intramolecular Hbond substituents is 2. The maximum atomic E-state index is 13.0. The third-order valence-electron chi connectivity index (χ3n) is 17.4. The van der Waals surface area contributed by atoms with Crippen molar-refractivity contribution in [3.05, 3.63) is 104 Å². The zero-order chi connectivity index (χ0) is 65.1. The molecule has 0 spiro atoms. The summed E-state index contributed by atoms with van der Waals surface area (Å²) in [7, 11) is -3.11. The average Bonchev–Trinajstić information content (AvgIpc) is 3.84. The first-order valence-corrected chi connectivity index (χ1v) is 32.3. The van der Waals surface area contributed by atoms with Crippen LogP contribution >= 0.6 is 15.9 Å². The Morgan fingerprint density at radius 1 is 0.607 bits per heavy atom. The maximum Gasteiger partial charge on any atom is 1.00 e. The Morgan fingerprint density at radius 3 is 1.47 bits per heavy atom. The van der Waals surface area contributed by atoms with E-state index in [4.69, 9.17) is 50.5 Å². The summed E-state index contributed by atoms with van der Waals surface area (Å²) >= 11 is 3.29. The average molecular weight is 1350 g/mol. The first-order chi connectivity index (χ1) is 41.5. The van der Waals surface area contributed by atoms with Gasteiger partial charge in [-0.15, -0.1) is 24.3 Å². The molecule has 4 heterocycles. The largest absolute Gasteiger partial charge is 1.00 e. The Bertz CT molecular complexity index is 3260. The Labute approximate surface area is 580 Å². The molecule has 2 atom stereocenters. The first kappa shape index (κ1) is 77.3. The van der Waals surface area contributed by atoms with Crippen molar-refractivity contribution in [1.29, 1.82) is 0 Å². The van der Waals surface area contributed by atoms with E-state index in [2.05, 4.69) is 109 Å². The normalized spacial score (nSPS) is 17.8. The molecule has 89 heavy (non-hydrogen) atoms. The zero-order valence-corrected chi connectivity index (χ0v) is 61.0. The number of hydrogen-bond donors (Lipinski definition) is 4. The van der Waals surface area contributed by atoms with Gasteiger partial charge in [-0.25, -0.2) is 0 Å². The number of rotatable bonds is 25. The summed E-state index contributed by atoms with van der Waals surface area (Å²) in [4.78, 5) is 30.2. The van der Waals surface area contributed by atoms with E-state index in [-0.39, 0.29) is 74.0 Å². The van der Waals surface area contributed by atoms with Crippen molar-refractivity contribution in [2.45, 2.75) is 152 Å². The molecule has 19 nitrogen and oxygen atoms in total. The molecule has 4 aliphatic heterocycles. The summed E-state index contributed by atoms with van der Waals surface area (Å²) in [6.07, 6.45) is 2.47. The number of carbonyl (C=O) groups excluding carboxylic acids is 2. The third-order valence-corrected chi connectivity index (χ3v) is 17.7. The molecule has 22 heteroatoms. The minimum atomic E-state index is -3.11. The van der Waals surface area contributed by atoms with Crippen molar-refractivity contribution >= 4 is 61.2 Å². The van der Waals surface area contributed by atoms with E-state index in [0.29, 0.717) is 130 Å². The fourth-order valence-corrected chi connectivity index (χ4v) is 11.1. The fraction of sp³-hybridized carbons (Fsp3) is 0.582. The molecule has 0 saturated heterocycles. The number of halogens is 1. The van der Waals surface area contributed by atoms with Gasteiger partial charge in [0.05, 0.1) is 78.1 Å². The number of fused-ring (bicyclic) bond motifs is 4. The SMILES string of the molecule is CC1=Nc2cc[c-]cc2C1(C)C.CC1=[N+](CCOCCOCCOCCNC(=O)C2(C)CCc3c(C)c(O)c(C)c(C)c3O2)c2ccc(C)cc2C1(C)C.Cc1c(C)c2c(c(C)c1O)CCC(C)(C(=O)NCCOCCOCCOCCBr)O2.O=S(=O)=O.[K+].